The zero-order chi connectivity index (χ0) is 14.7. The Kier molecular flexibility index (Phi) is 4.22. The molecule has 0 aliphatic carbocycles. The van der Waals surface area contributed by atoms with Crippen molar-refractivity contribution < 1.29 is 18.7 Å². The molecule has 2 amide bonds. The zero-order valence-corrected chi connectivity index (χ0v) is 11.4. The van der Waals surface area contributed by atoms with Crippen LogP contribution in [0.25, 0.3) is 0 Å². The van der Waals surface area contributed by atoms with Crippen molar-refractivity contribution in [1.82, 2.24) is 5.32 Å². The zero-order valence-electron chi connectivity index (χ0n) is 11.4. The summed E-state index contributed by atoms with van der Waals surface area (Å²) in [5.74, 6) is -0.552. The van der Waals surface area contributed by atoms with Gasteiger partial charge in [-0.3, -0.25) is 9.69 Å². The minimum absolute atomic E-state index is 0.0821. The van der Waals surface area contributed by atoms with Gasteiger partial charge in [0.1, 0.15) is 11.9 Å². The number of anilines is 1. The highest BCUT2D eigenvalue weighted by Gasteiger charge is 2.32. The number of cyclic esters (lactones) is 1. The molecule has 1 aromatic carbocycles. The van der Waals surface area contributed by atoms with E-state index >= 15 is 0 Å². The van der Waals surface area contributed by atoms with Crippen LogP contribution < -0.4 is 10.2 Å². The molecule has 1 saturated heterocycles. The Hall–Kier alpha value is -2.11. The van der Waals surface area contributed by atoms with Crippen molar-refractivity contribution in [3.8, 4) is 0 Å². The molecular weight excluding hydrogens is 263 g/mol. The Bertz CT molecular complexity index is 502. The van der Waals surface area contributed by atoms with E-state index in [4.69, 9.17) is 4.74 Å². The summed E-state index contributed by atoms with van der Waals surface area (Å²) in [5.41, 5.74) is 0.578. The fourth-order valence-corrected chi connectivity index (χ4v) is 1.88. The summed E-state index contributed by atoms with van der Waals surface area (Å²) in [6.45, 7) is 4.20. The molecular formula is C14H17FN2O3. The molecule has 1 atom stereocenters. The molecule has 1 fully saturated rings. The van der Waals surface area contributed by atoms with E-state index in [1.807, 2.05) is 0 Å². The van der Waals surface area contributed by atoms with Gasteiger partial charge in [-0.2, -0.15) is 0 Å². The highest BCUT2D eigenvalue weighted by molar-refractivity contribution is 5.89. The predicted molar refractivity (Wildman–Crippen MR) is 71.9 cm³/mol. The third-order valence-corrected chi connectivity index (χ3v) is 3.04. The van der Waals surface area contributed by atoms with E-state index in [0.29, 0.717) is 12.2 Å². The second kappa shape index (κ2) is 5.90. The number of amides is 2. The first-order chi connectivity index (χ1) is 9.47. The highest BCUT2D eigenvalue weighted by atomic mass is 19.1. The average molecular weight is 280 g/mol. The number of rotatable bonds is 4. The molecule has 20 heavy (non-hydrogen) atoms. The lowest BCUT2D eigenvalue weighted by atomic mass is 10.2. The number of nitrogens with one attached hydrogen (secondary N) is 1. The third kappa shape index (κ3) is 3.26. The Balaban J connectivity index is 1.94. The molecule has 108 valence electrons. The van der Waals surface area contributed by atoms with E-state index in [2.05, 4.69) is 5.32 Å². The molecule has 2 rings (SSSR count). The van der Waals surface area contributed by atoms with Gasteiger partial charge in [0, 0.05) is 11.6 Å². The quantitative estimate of drug-likeness (QED) is 0.916. The van der Waals surface area contributed by atoms with Gasteiger partial charge in [-0.15, -0.1) is 0 Å². The van der Waals surface area contributed by atoms with Crippen molar-refractivity contribution in [2.45, 2.75) is 20.0 Å². The van der Waals surface area contributed by atoms with Crippen LogP contribution in [0, 0.1) is 11.7 Å². The van der Waals surface area contributed by atoms with Gasteiger partial charge < -0.3 is 10.1 Å². The van der Waals surface area contributed by atoms with Crippen LogP contribution >= 0.6 is 0 Å². The summed E-state index contributed by atoms with van der Waals surface area (Å²) < 4.78 is 18.0. The van der Waals surface area contributed by atoms with E-state index in [0.717, 1.165) is 0 Å². The average Bonchev–Trinajstić information content (AvgIpc) is 2.78. The standard InChI is InChI=1S/C14H17FN2O3/c1-9(2)13(18)16-7-12-8-17(14(19)20-12)11-5-3-10(15)4-6-11/h3-6,9,12H,7-8H2,1-2H3,(H,16,18)/t12-/m1/s1. The molecule has 1 heterocycles. The molecule has 0 spiro atoms. The summed E-state index contributed by atoms with van der Waals surface area (Å²) in [5, 5.41) is 2.72. The van der Waals surface area contributed by atoms with Crippen LogP contribution in [0.1, 0.15) is 13.8 Å². The van der Waals surface area contributed by atoms with Crippen molar-refractivity contribution in [3.05, 3.63) is 30.1 Å². The number of hydrogen-bond acceptors (Lipinski definition) is 3. The van der Waals surface area contributed by atoms with Crippen LogP contribution in [-0.4, -0.2) is 31.2 Å². The molecule has 6 heteroatoms. The van der Waals surface area contributed by atoms with Crippen LogP contribution in [-0.2, 0) is 9.53 Å². The van der Waals surface area contributed by atoms with Crippen LogP contribution in [0.5, 0.6) is 0 Å². The van der Waals surface area contributed by atoms with E-state index in [1.54, 1.807) is 13.8 Å². The van der Waals surface area contributed by atoms with E-state index in [-0.39, 0.29) is 24.2 Å². The number of ether oxygens (including phenoxy) is 1. The number of carbonyl (C=O) groups is 2. The topological polar surface area (TPSA) is 58.6 Å². The predicted octanol–water partition coefficient (Wildman–Crippen LogP) is 1.92. The van der Waals surface area contributed by atoms with Crippen molar-refractivity contribution >= 4 is 17.7 Å². The molecule has 1 aliphatic rings. The van der Waals surface area contributed by atoms with Crippen molar-refractivity contribution in [3.63, 3.8) is 0 Å². The Morgan fingerprint density at radius 1 is 1.45 bits per heavy atom. The van der Waals surface area contributed by atoms with Gasteiger partial charge in [0.25, 0.3) is 0 Å². The largest absolute Gasteiger partial charge is 0.442 e. The minimum atomic E-state index is -0.486. The number of hydrogen-bond donors (Lipinski definition) is 1. The summed E-state index contributed by atoms with van der Waals surface area (Å²) in [6, 6.07) is 5.62. The monoisotopic (exact) mass is 280 g/mol. The van der Waals surface area contributed by atoms with Gasteiger partial charge >= 0.3 is 6.09 Å². The van der Waals surface area contributed by atoms with Crippen molar-refractivity contribution in [2.75, 3.05) is 18.0 Å². The number of carbonyl (C=O) groups excluding carboxylic acids is 2. The Morgan fingerprint density at radius 3 is 2.70 bits per heavy atom. The fourth-order valence-electron chi connectivity index (χ4n) is 1.88. The second-order valence-corrected chi connectivity index (χ2v) is 4.99. The maximum Gasteiger partial charge on any atom is 0.414 e. The summed E-state index contributed by atoms with van der Waals surface area (Å²) in [4.78, 5) is 24.6. The van der Waals surface area contributed by atoms with Gasteiger partial charge in [0.05, 0.1) is 13.1 Å². The van der Waals surface area contributed by atoms with Crippen LogP contribution in [0.2, 0.25) is 0 Å². The number of halogens is 1. The van der Waals surface area contributed by atoms with Crippen molar-refractivity contribution in [2.24, 2.45) is 5.92 Å². The van der Waals surface area contributed by atoms with E-state index in [9.17, 15) is 14.0 Å². The number of benzene rings is 1. The molecule has 0 saturated carbocycles. The molecule has 0 bridgehead atoms. The maximum atomic E-state index is 12.9. The molecule has 1 N–H and O–H groups in total. The highest BCUT2D eigenvalue weighted by Crippen LogP contribution is 2.21. The van der Waals surface area contributed by atoms with Gasteiger partial charge in [-0.1, -0.05) is 13.8 Å². The Labute approximate surface area is 116 Å². The van der Waals surface area contributed by atoms with E-state index in [1.165, 1.54) is 29.2 Å². The summed E-state index contributed by atoms with van der Waals surface area (Å²) in [7, 11) is 0. The number of nitrogens with zero attached hydrogens (tertiary/aromatic N) is 1. The van der Waals surface area contributed by atoms with Gasteiger partial charge in [-0.25, -0.2) is 9.18 Å². The first-order valence-electron chi connectivity index (χ1n) is 6.49. The first kappa shape index (κ1) is 14.3. The van der Waals surface area contributed by atoms with Gasteiger partial charge in [0.2, 0.25) is 5.91 Å². The molecule has 0 aromatic heterocycles. The third-order valence-electron chi connectivity index (χ3n) is 3.04. The van der Waals surface area contributed by atoms with Crippen LogP contribution in [0.4, 0.5) is 14.9 Å². The molecule has 1 aromatic rings. The summed E-state index contributed by atoms with van der Waals surface area (Å²) in [6.07, 6.45) is -0.879. The lowest BCUT2D eigenvalue weighted by Crippen LogP contribution is -2.36. The van der Waals surface area contributed by atoms with Crippen molar-refractivity contribution in [1.29, 1.82) is 0 Å². The molecule has 0 radical (unpaired) electrons. The molecule has 1 aliphatic heterocycles. The SMILES string of the molecule is CC(C)C(=O)NC[C@@H]1CN(c2ccc(F)cc2)C(=O)O1. The lowest BCUT2D eigenvalue weighted by Gasteiger charge is -2.13. The van der Waals surface area contributed by atoms with E-state index < -0.39 is 12.2 Å². The fraction of sp³-hybridized carbons (Fsp3) is 0.429. The lowest BCUT2D eigenvalue weighted by molar-refractivity contribution is -0.124. The van der Waals surface area contributed by atoms with Crippen LogP contribution in [0.3, 0.4) is 0 Å². The second-order valence-electron chi connectivity index (χ2n) is 4.99. The Morgan fingerprint density at radius 2 is 2.10 bits per heavy atom. The maximum absolute atomic E-state index is 12.9. The molecule has 5 nitrogen and oxygen atoms in total. The molecule has 0 unspecified atom stereocenters. The van der Waals surface area contributed by atoms with Gasteiger partial charge in [-0.05, 0) is 24.3 Å². The van der Waals surface area contributed by atoms with Crippen LogP contribution in [0.15, 0.2) is 24.3 Å². The summed E-state index contributed by atoms with van der Waals surface area (Å²) >= 11 is 0. The minimum Gasteiger partial charge on any atom is -0.442 e. The normalized spacial score (nSPS) is 18.3. The van der Waals surface area contributed by atoms with Gasteiger partial charge in [0.15, 0.2) is 0 Å². The smallest absolute Gasteiger partial charge is 0.414 e. The first-order valence-corrected chi connectivity index (χ1v) is 6.49.